The summed E-state index contributed by atoms with van der Waals surface area (Å²) in [6.07, 6.45) is 1.18. The Morgan fingerprint density at radius 3 is 2.06 bits per heavy atom. The van der Waals surface area contributed by atoms with Crippen molar-refractivity contribution in [2.45, 2.75) is 52.4 Å². The van der Waals surface area contributed by atoms with Crippen molar-refractivity contribution in [3.63, 3.8) is 0 Å². The van der Waals surface area contributed by atoms with Gasteiger partial charge in [-0.2, -0.15) is 0 Å². The van der Waals surface area contributed by atoms with E-state index in [9.17, 15) is 14.4 Å². The second kappa shape index (κ2) is 11.9. The summed E-state index contributed by atoms with van der Waals surface area (Å²) < 4.78 is 5.61. The molecule has 1 unspecified atom stereocenters. The zero-order valence-corrected chi connectivity index (χ0v) is 20.8. The van der Waals surface area contributed by atoms with Crippen LogP contribution in [-0.4, -0.2) is 42.8 Å². The quantitative estimate of drug-likeness (QED) is 0.422. The van der Waals surface area contributed by atoms with E-state index in [1.807, 2.05) is 24.3 Å². The second-order valence-corrected chi connectivity index (χ2v) is 10.1. The van der Waals surface area contributed by atoms with Crippen molar-refractivity contribution in [3.8, 4) is 11.1 Å². The number of amides is 2. The maximum atomic E-state index is 12.4. The fraction of sp³-hybridized carbons (Fsp3) is 0.464. The lowest BCUT2D eigenvalue weighted by Crippen LogP contribution is -2.32. The molecule has 0 aromatic heterocycles. The van der Waals surface area contributed by atoms with Gasteiger partial charge in [0.15, 0.2) is 0 Å². The van der Waals surface area contributed by atoms with Crippen LogP contribution in [0.3, 0.4) is 0 Å². The molecule has 3 N–H and O–H groups in total. The molecule has 1 aliphatic carbocycles. The van der Waals surface area contributed by atoms with Gasteiger partial charge in [-0.3, -0.25) is 9.59 Å². The number of ether oxygens (including phenoxy) is 1. The third-order valence-electron chi connectivity index (χ3n) is 6.71. The Labute approximate surface area is 207 Å². The summed E-state index contributed by atoms with van der Waals surface area (Å²) >= 11 is 0. The molecule has 7 heteroatoms. The van der Waals surface area contributed by atoms with Gasteiger partial charge in [-0.25, -0.2) is 4.79 Å². The van der Waals surface area contributed by atoms with E-state index in [4.69, 9.17) is 9.84 Å². The predicted molar refractivity (Wildman–Crippen MR) is 135 cm³/mol. The molecule has 0 heterocycles. The number of hydrogen-bond donors (Lipinski definition) is 3. The summed E-state index contributed by atoms with van der Waals surface area (Å²) in [5.41, 5.74) is 4.70. The smallest absolute Gasteiger partial charge is 0.407 e. The lowest BCUT2D eigenvalue weighted by Gasteiger charge is -2.31. The molecule has 0 saturated heterocycles. The number of carboxylic acid groups (broad SMARTS) is 1. The normalized spacial score (nSPS) is 13.5. The van der Waals surface area contributed by atoms with E-state index < -0.39 is 12.1 Å². The first kappa shape index (κ1) is 26.3. The summed E-state index contributed by atoms with van der Waals surface area (Å²) in [6, 6.07) is 16.5. The minimum Gasteiger partial charge on any atom is -0.481 e. The number of benzene rings is 2. The molecule has 1 aliphatic rings. The van der Waals surface area contributed by atoms with Gasteiger partial charge in [0.05, 0.1) is 6.42 Å². The lowest BCUT2D eigenvalue weighted by atomic mass is 9.76. The summed E-state index contributed by atoms with van der Waals surface area (Å²) in [7, 11) is 0. The molecule has 3 rings (SSSR count). The van der Waals surface area contributed by atoms with Crippen molar-refractivity contribution in [2.75, 3.05) is 19.7 Å². The summed E-state index contributed by atoms with van der Waals surface area (Å²) in [6.45, 7) is 7.23. The van der Waals surface area contributed by atoms with E-state index in [0.717, 1.165) is 6.42 Å². The van der Waals surface area contributed by atoms with Crippen LogP contribution in [0.5, 0.6) is 0 Å². The molecule has 2 amide bonds. The number of fused-ring (bicyclic) bond motifs is 3. The Kier molecular flexibility index (Phi) is 8.90. The van der Waals surface area contributed by atoms with E-state index in [2.05, 4.69) is 55.7 Å². The van der Waals surface area contributed by atoms with Crippen LogP contribution in [0.1, 0.15) is 63.5 Å². The van der Waals surface area contributed by atoms with Gasteiger partial charge >= 0.3 is 12.1 Å². The van der Waals surface area contributed by atoms with E-state index in [-0.39, 0.29) is 42.7 Å². The molecule has 0 spiro atoms. The molecule has 1 atom stereocenters. The monoisotopic (exact) mass is 480 g/mol. The highest BCUT2D eigenvalue weighted by Crippen LogP contribution is 2.44. The van der Waals surface area contributed by atoms with Crippen LogP contribution >= 0.6 is 0 Å². The Hall–Kier alpha value is -3.35. The van der Waals surface area contributed by atoms with Gasteiger partial charge in [0, 0.05) is 25.4 Å². The molecule has 35 heavy (non-hydrogen) atoms. The van der Waals surface area contributed by atoms with Gasteiger partial charge in [0.2, 0.25) is 5.91 Å². The number of rotatable bonds is 11. The maximum absolute atomic E-state index is 12.4. The largest absolute Gasteiger partial charge is 0.481 e. The average Bonchev–Trinajstić information content (AvgIpc) is 3.12. The highest BCUT2D eigenvalue weighted by Gasteiger charge is 2.29. The van der Waals surface area contributed by atoms with Gasteiger partial charge in [-0.1, -0.05) is 69.3 Å². The summed E-state index contributed by atoms with van der Waals surface area (Å²) in [5.74, 6) is -0.848. The van der Waals surface area contributed by atoms with Gasteiger partial charge < -0.3 is 20.5 Å². The molecule has 2 aromatic carbocycles. The van der Waals surface area contributed by atoms with E-state index >= 15 is 0 Å². The topological polar surface area (TPSA) is 105 Å². The van der Waals surface area contributed by atoms with Crippen LogP contribution in [0.4, 0.5) is 4.79 Å². The Morgan fingerprint density at radius 2 is 1.49 bits per heavy atom. The van der Waals surface area contributed by atoms with Crippen molar-refractivity contribution < 1.29 is 24.2 Å². The molecule has 2 aromatic rings. The van der Waals surface area contributed by atoms with E-state index in [1.165, 1.54) is 22.3 Å². The number of carbonyl (C=O) groups is 3. The first-order chi connectivity index (χ1) is 16.7. The van der Waals surface area contributed by atoms with Crippen molar-refractivity contribution in [2.24, 2.45) is 11.3 Å². The SMILES string of the molecule is CC(C)(C)C(CCNC(=O)OCC1c2ccccc2-c2ccccc21)CCC(=O)NCCC(=O)O. The molecule has 7 nitrogen and oxygen atoms in total. The average molecular weight is 481 g/mol. The Morgan fingerprint density at radius 1 is 0.886 bits per heavy atom. The Bertz CT molecular complexity index is 998. The second-order valence-electron chi connectivity index (χ2n) is 10.1. The van der Waals surface area contributed by atoms with Crippen LogP contribution in [0.15, 0.2) is 48.5 Å². The molecule has 188 valence electrons. The molecule has 0 saturated carbocycles. The standard InChI is InChI=1S/C28H36N2O5/c1-28(2,3)19(12-13-25(31)29-17-15-26(32)33)14-16-30-27(34)35-18-24-22-10-6-4-8-20(22)21-9-5-7-11-23(21)24/h4-11,19,24H,12-18H2,1-3H3,(H,29,31)(H,30,34)(H,32,33). The fourth-order valence-corrected chi connectivity index (χ4v) is 4.71. The molecular formula is C28H36N2O5. The predicted octanol–water partition coefficient (Wildman–Crippen LogP) is 4.95. The van der Waals surface area contributed by atoms with Crippen LogP contribution < -0.4 is 10.6 Å². The van der Waals surface area contributed by atoms with Crippen LogP contribution in [0.25, 0.3) is 11.1 Å². The van der Waals surface area contributed by atoms with E-state index in [1.54, 1.807) is 0 Å². The fourth-order valence-electron chi connectivity index (χ4n) is 4.71. The lowest BCUT2D eigenvalue weighted by molar-refractivity contribution is -0.136. The van der Waals surface area contributed by atoms with Crippen molar-refractivity contribution in [1.29, 1.82) is 0 Å². The van der Waals surface area contributed by atoms with Gasteiger partial charge in [0.25, 0.3) is 0 Å². The Balaban J connectivity index is 1.45. The van der Waals surface area contributed by atoms with Crippen molar-refractivity contribution in [1.82, 2.24) is 10.6 Å². The number of alkyl carbamates (subject to hydrolysis) is 1. The van der Waals surface area contributed by atoms with Crippen LogP contribution in [0.2, 0.25) is 0 Å². The molecule has 0 radical (unpaired) electrons. The zero-order chi connectivity index (χ0) is 25.4. The van der Waals surface area contributed by atoms with Gasteiger partial charge in [-0.05, 0) is 46.4 Å². The van der Waals surface area contributed by atoms with Gasteiger partial charge in [-0.15, -0.1) is 0 Å². The number of aliphatic carboxylic acids is 1. The van der Waals surface area contributed by atoms with Crippen LogP contribution in [-0.2, 0) is 14.3 Å². The maximum Gasteiger partial charge on any atom is 0.407 e. The number of carboxylic acids is 1. The van der Waals surface area contributed by atoms with Crippen LogP contribution in [0, 0.1) is 11.3 Å². The van der Waals surface area contributed by atoms with Crippen molar-refractivity contribution in [3.05, 3.63) is 59.7 Å². The number of carbonyl (C=O) groups excluding carboxylic acids is 2. The minimum atomic E-state index is -0.933. The number of nitrogens with one attached hydrogen (secondary N) is 2. The first-order valence-corrected chi connectivity index (χ1v) is 12.2. The summed E-state index contributed by atoms with van der Waals surface area (Å²) in [4.78, 5) is 35.1. The first-order valence-electron chi connectivity index (χ1n) is 12.2. The minimum absolute atomic E-state index is 0.0233. The summed E-state index contributed by atoms with van der Waals surface area (Å²) in [5, 5.41) is 14.2. The van der Waals surface area contributed by atoms with Crippen molar-refractivity contribution >= 4 is 18.0 Å². The highest BCUT2D eigenvalue weighted by molar-refractivity contribution is 5.79. The molecule has 0 fully saturated rings. The third kappa shape index (κ3) is 7.31. The molecular weight excluding hydrogens is 444 g/mol. The van der Waals surface area contributed by atoms with Gasteiger partial charge in [0.1, 0.15) is 6.61 Å². The number of hydrogen-bond acceptors (Lipinski definition) is 4. The third-order valence-corrected chi connectivity index (χ3v) is 6.71. The molecule has 0 aliphatic heterocycles. The molecule has 0 bridgehead atoms. The zero-order valence-electron chi connectivity index (χ0n) is 20.8. The van der Waals surface area contributed by atoms with E-state index in [0.29, 0.717) is 19.4 Å². The highest BCUT2D eigenvalue weighted by atomic mass is 16.5.